The van der Waals surface area contributed by atoms with Gasteiger partial charge in [0.2, 0.25) is 0 Å². The summed E-state index contributed by atoms with van der Waals surface area (Å²) < 4.78 is 26.6. The van der Waals surface area contributed by atoms with Gasteiger partial charge in [0.15, 0.2) is 0 Å². The summed E-state index contributed by atoms with van der Waals surface area (Å²) in [5.74, 6) is -0.679. The van der Waals surface area contributed by atoms with Crippen LogP contribution in [0.2, 0.25) is 5.02 Å². The fraction of sp³-hybridized carbons (Fsp3) is 0. The number of hydrogen-bond donors (Lipinski definition) is 3. The van der Waals surface area contributed by atoms with Gasteiger partial charge in [0.1, 0.15) is 0 Å². The standard InChI is InChI=1S/C13H11ClN2O4S/c14-10-3-7-12(8-4-10)21(19,20)16-11-5-1-9(2-6-11)13(17)15-18/h1-8,16,18H,(H,15,17). The minimum absolute atomic E-state index is 0.0732. The Morgan fingerprint density at radius 3 is 2.10 bits per heavy atom. The van der Waals surface area contributed by atoms with E-state index in [4.69, 9.17) is 16.8 Å². The van der Waals surface area contributed by atoms with E-state index >= 15 is 0 Å². The summed E-state index contributed by atoms with van der Waals surface area (Å²) in [6.07, 6.45) is 0. The van der Waals surface area contributed by atoms with Crippen LogP contribution in [0.1, 0.15) is 10.4 Å². The highest BCUT2D eigenvalue weighted by Gasteiger charge is 2.14. The number of carbonyl (C=O) groups excluding carboxylic acids is 1. The Balaban J connectivity index is 2.20. The molecular formula is C13H11ClN2O4S. The second kappa shape index (κ2) is 6.13. The van der Waals surface area contributed by atoms with Crippen molar-refractivity contribution in [2.24, 2.45) is 0 Å². The van der Waals surface area contributed by atoms with Crippen LogP contribution in [0.25, 0.3) is 0 Å². The van der Waals surface area contributed by atoms with Gasteiger partial charge in [-0.2, -0.15) is 0 Å². The van der Waals surface area contributed by atoms with E-state index in [1.54, 1.807) is 0 Å². The Hall–Kier alpha value is -2.09. The zero-order chi connectivity index (χ0) is 15.5. The van der Waals surface area contributed by atoms with E-state index in [-0.39, 0.29) is 10.5 Å². The molecule has 0 spiro atoms. The van der Waals surface area contributed by atoms with Crippen molar-refractivity contribution in [3.8, 4) is 0 Å². The third-order valence-electron chi connectivity index (χ3n) is 2.62. The maximum Gasteiger partial charge on any atom is 0.274 e. The molecular weight excluding hydrogens is 316 g/mol. The van der Waals surface area contributed by atoms with Crippen molar-refractivity contribution in [2.75, 3.05) is 4.72 Å². The molecule has 2 aromatic carbocycles. The van der Waals surface area contributed by atoms with Gasteiger partial charge in [-0.1, -0.05) is 11.6 Å². The van der Waals surface area contributed by atoms with Crippen LogP contribution in [0.4, 0.5) is 5.69 Å². The smallest absolute Gasteiger partial charge is 0.274 e. The number of nitrogens with one attached hydrogen (secondary N) is 2. The van der Waals surface area contributed by atoms with Crippen molar-refractivity contribution in [3.05, 3.63) is 59.1 Å². The van der Waals surface area contributed by atoms with Crippen LogP contribution < -0.4 is 10.2 Å². The number of hydrogen-bond acceptors (Lipinski definition) is 4. The van der Waals surface area contributed by atoms with Crippen LogP contribution in [0.15, 0.2) is 53.4 Å². The van der Waals surface area contributed by atoms with Gasteiger partial charge in [0, 0.05) is 16.3 Å². The fourth-order valence-corrected chi connectivity index (χ4v) is 2.77. The molecule has 0 radical (unpaired) electrons. The first-order valence-electron chi connectivity index (χ1n) is 5.75. The Morgan fingerprint density at radius 2 is 1.57 bits per heavy atom. The second-order valence-electron chi connectivity index (χ2n) is 4.08. The van der Waals surface area contributed by atoms with Gasteiger partial charge in [0.25, 0.3) is 15.9 Å². The number of benzene rings is 2. The molecule has 2 aromatic rings. The lowest BCUT2D eigenvalue weighted by Crippen LogP contribution is -2.18. The normalized spacial score (nSPS) is 11.0. The summed E-state index contributed by atoms with van der Waals surface area (Å²) in [6.45, 7) is 0. The molecule has 21 heavy (non-hydrogen) atoms. The topological polar surface area (TPSA) is 95.5 Å². The van der Waals surface area contributed by atoms with E-state index in [2.05, 4.69) is 4.72 Å². The van der Waals surface area contributed by atoms with Crippen molar-refractivity contribution in [2.45, 2.75) is 4.90 Å². The van der Waals surface area contributed by atoms with Crippen molar-refractivity contribution < 1.29 is 18.4 Å². The van der Waals surface area contributed by atoms with E-state index in [0.29, 0.717) is 10.7 Å². The molecule has 2 rings (SSSR count). The molecule has 6 nitrogen and oxygen atoms in total. The second-order valence-corrected chi connectivity index (χ2v) is 6.20. The summed E-state index contributed by atoms with van der Waals surface area (Å²) in [7, 11) is -3.73. The van der Waals surface area contributed by atoms with E-state index < -0.39 is 15.9 Å². The summed E-state index contributed by atoms with van der Waals surface area (Å²) in [5, 5.41) is 8.93. The largest absolute Gasteiger partial charge is 0.288 e. The van der Waals surface area contributed by atoms with Gasteiger partial charge < -0.3 is 0 Å². The quantitative estimate of drug-likeness (QED) is 0.593. The van der Waals surface area contributed by atoms with E-state index in [1.165, 1.54) is 54.0 Å². The summed E-state index contributed by atoms with van der Waals surface area (Å²) in [6, 6.07) is 11.3. The average Bonchev–Trinajstić information content (AvgIpc) is 2.47. The molecule has 8 heteroatoms. The number of sulfonamides is 1. The molecule has 0 aliphatic carbocycles. The van der Waals surface area contributed by atoms with Gasteiger partial charge in [-0.15, -0.1) is 0 Å². The van der Waals surface area contributed by atoms with Crippen LogP contribution in [0, 0.1) is 0 Å². The first-order valence-corrected chi connectivity index (χ1v) is 7.61. The fourth-order valence-electron chi connectivity index (χ4n) is 1.58. The van der Waals surface area contributed by atoms with Gasteiger partial charge >= 0.3 is 0 Å². The summed E-state index contributed by atoms with van der Waals surface area (Å²) in [5.41, 5.74) is 1.98. The highest BCUT2D eigenvalue weighted by molar-refractivity contribution is 7.92. The molecule has 0 bridgehead atoms. The zero-order valence-electron chi connectivity index (χ0n) is 10.6. The van der Waals surface area contributed by atoms with E-state index in [9.17, 15) is 13.2 Å². The van der Waals surface area contributed by atoms with Gasteiger partial charge in [-0.05, 0) is 48.5 Å². The summed E-state index contributed by atoms with van der Waals surface area (Å²) in [4.78, 5) is 11.2. The van der Waals surface area contributed by atoms with Crippen LogP contribution in [0.3, 0.4) is 0 Å². The molecule has 0 aliphatic rings. The van der Waals surface area contributed by atoms with Crippen molar-refractivity contribution in [3.63, 3.8) is 0 Å². The number of halogens is 1. The molecule has 0 heterocycles. The van der Waals surface area contributed by atoms with Crippen molar-refractivity contribution in [1.82, 2.24) is 5.48 Å². The number of hydroxylamine groups is 1. The Labute approximate surface area is 126 Å². The zero-order valence-corrected chi connectivity index (χ0v) is 12.1. The molecule has 3 N–H and O–H groups in total. The van der Waals surface area contributed by atoms with Crippen molar-refractivity contribution in [1.29, 1.82) is 0 Å². The third kappa shape index (κ3) is 3.72. The summed E-state index contributed by atoms with van der Waals surface area (Å²) >= 11 is 5.71. The lowest BCUT2D eigenvalue weighted by Gasteiger charge is -2.08. The van der Waals surface area contributed by atoms with Gasteiger partial charge in [-0.25, -0.2) is 13.9 Å². The molecule has 110 valence electrons. The lowest BCUT2D eigenvalue weighted by molar-refractivity contribution is 0.0706. The van der Waals surface area contributed by atoms with Crippen LogP contribution in [0.5, 0.6) is 0 Å². The van der Waals surface area contributed by atoms with Gasteiger partial charge in [0.05, 0.1) is 4.90 Å². The monoisotopic (exact) mass is 326 g/mol. The lowest BCUT2D eigenvalue weighted by atomic mass is 10.2. The first-order chi connectivity index (χ1) is 9.92. The highest BCUT2D eigenvalue weighted by Crippen LogP contribution is 2.18. The third-order valence-corrected chi connectivity index (χ3v) is 4.27. The minimum Gasteiger partial charge on any atom is -0.288 e. The van der Waals surface area contributed by atoms with Crippen LogP contribution in [-0.4, -0.2) is 19.5 Å². The number of rotatable bonds is 4. The Bertz CT molecular complexity index is 743. The van der Waals surface area contributed by atoms with Gasteiger partial charge in [-0.3, -0.25) is 14.7 Å². The predicted molar refractivity (Wildman–Crippen MR) is 78.0 cm³/mol. The minimum atomic E-state index is -3.73. The first kappa shape index (κ1) is 15.3. The predicted octanol–water partition coefficient (Wildman–Crippen LogP) is 2.26. The number of anilines is 1. The maximum atomic E-state index is 12.1. The molecule has 0 atom stereocenters. The molecule has 0 unspecified atom stereocenters. The molecule has 0 fully saturated rings. The number of carbonyl (C=O) groups is 1. The van der Waals surface area contributed by atoms with E-state index in [0.717, 1.165) is 0 Å². The SMILES string of the molecule is O=C(NO)c1ccc(NS(=O)(=O)c2ccc(Cl)cc2)cc1. The number of amides is 1. The van der Waals surface area contributed by atoms with E-state index in [1.807, 2.05) is 0 Å². The highest BCUT2D eigenvalue weighted by atomic mass is 35.5. The molecule has 0 aromatic heterocycles. The molecule has 0 saturated heterocycles. The maximum absolute atomic E-state index is 12.1. The molecule has 0 saturated carbocycles. The van der Waals surface area contributed by atoms with Crippen LogP contribution >= 0.6 is 11.6 Å². The molecule has 0 aliphatic heterocycles. The Morgan fingerprint density at radius 1 is 1.00 bits per heavy atom. The Kier molecular flexibility index (Phi) is 4.46. The average molecular weight is 327 g/mol. The molecule has 1 amide bonds. The van der Waals surface area contributed by atoms with Crippen LogP contribution in [-0.2, 0) is 10.0 Å². The van der Waals surface area contributed by atoms with Crippen molar-refractivity contribution >= 4 is 33.2 Å².